The summed E-state index contributed by atoms with van der Waals surface area (Å²) in [7, 11) is 0. The second-order valence-electron chi connectivity index (χ2n) is 8.16. The highest BCUT2D eigenvalue weighted by molar-refractivity contribution is 6.30. The summed E-state index contributed by atoms with van der Waals surface area (Å²) in [5, 5.41) is 12.9. The van der Waals surface area contributed by atoms with Crippen molar-refractivity contribution in [3.05, 3.63) is 27.6 Å². The Bertz CT molecular complexity index is 1090. The van der Waals surface area contributed by atoms with Gasteiger partial charge in [-0.25, -0.2) is 14.2 Å². The van der Waals surface area contributed by atoms with E-state index in [0.29, 0.717) is 50.5 Å². The number of aromatic nitrogens is 3. The zero-order valence-electron chi connectivity index (χ0n) is 18.5. The molecule has 1 atom stereocenters. The number of nitrogens with zero attached hydrogens (tertiary/aromatic N) is 9. The number of anilines is 1. The van der Waals surface area contributed by atoms with Crippen molar-refractivity contribution in [3.8, 4) is 6.01 Å². The average molecular weight is 494 g/mol. The zero-order valence-corrected chi connectivity index (χ0v) is 19.2. The van der Waals surface area contributed by atoms with Crippen molar-refractivity contribution >= 4 is 34.4 Å². The smallest absolute Gasteiger partial charge is 0.407 e. The molecule has 14 heteroatoms. The molecule has 34 heavy (non-hydrogen) atoms. The van der Waals surface area contributed by atoms with Crippen LogP contribution in [0.25, 0.3) is 21.3 Å². The Balaban J connectivity index is 1.53. The van der Waals surface area contributed by atoms with Gasteiger partial charge in [0.25, 0.3) is 0 Å². The van der Waals surface area contributed by atoms with Gasteiger partial charge in [0.05, 0.1) is 5.39 Å². The van der Waals surface area contributed by atoms with Gasteiger partial charge in [-0.1, -0.05) is 16.7 Å². The molecule has 12 nitrogen and oxygen atoms in total. The van der Waals surface area contributed by atoms with E-state index in [1.54, 1.807) is 0 Å². The van der Waals surface area contributed by atoms with Crippen molar-refractivity contribution in [2.75, 3.05) is 57.3 Å². The lowest BCUT2D eigenvalue weighted by atomic mass is 10.2. The van der Waals surface area contributed by atoms with E-state index >= 15 is 0 Å². The van der Waals surface area contributed by atoms with Gasteiger partial charge in [0.15, 0.2) is 11.0 Å². The van der Waals surface area contributed by atoms with Crippen LogP contribution in [0.4, 0.5) is 15.0 Å². The van der Waals surface area contributed by atoms with Gasteiger partial charge in [0.2, 0.25) is 0 Å². The summed E-state index contributed by atoms with van der Waals surface area (Å²) in [4.78, 5) is 32.2. The Morgan fingerprint density at radius 1 is 1.32 bits per heavy atom. The molecular weight excluding hydrogens is 469 g/mol. The second-order valence-corrected chi connectivity index (χ2v) is 8.52. The van der Waals surface area contributed by atoms with Crippen LogP contribution in [0.5, 0.6) is 6.01 Å². The van der Waals surface area contributed by atoms with Crippen LogP contribution in [0.3, 0.4) is 0 Å². The van der Waals surface area contributed by atoms with Gasteiger partial charge >= 0.3 is 12.1 Å². The number of ether oxygens (including phenoxy) is 1. The van der Waals surface area contributed by atoms with Crippen LogP contribution in [0.1, 0.15) is 19.3 Å². The highest BCUT2D eigenvalue weighted by atomic mass is 35.5. The Hall–Kier alpha value is -3.15. The SMILES string of the molecule is [N-]=[N+]=NCCCN1CCC[C@H]1COc1nc(N2CCN(C(=O)O)CC2)c2cnc(Cl)c(F)c2n1. The zero-order chi connectivity index (χ0) is 24.1. The van der Waals surface area contributed by atoms with Crippen LogP contribution < -0.4 is 9.64 Å². The average Bonchev–Trinajstić information content (AvgIpc) is 3.30. The molecule has 4 rings (SSSR count). The van der Waals surface area contributed by atoms with Crippen molar-refractivity contribution in [2.24, 2.45) is 5.11 Å². The van der Waals surface area contributed by atoms with Crippen molar-refractivity contribution in [1.82, 2.24) is 24.8 Å². The Morgan fingerprint density at radius 2 is 2.12 bits per heavy atom. The molecule has 1 N–H and O–H groups in total. The Kier molecular flexibility index (Phi) is 7.66. The summed E-state index contributed by atoms with van der Waals surface area (Å²) in [6, 6.07) is 0.184. The maximum Gasteiger partial charge on any atom is 0.407 e. The first-order valence-electron chi connectivity index (χ1n) is 11.1. The summed E-state index contributed by atoms with van der Waals surface area (Å²) in [5.41, 5.74) is 8.44. The minimum atomic E-state index is -0.976. The van der Waals surface area contributed by atoms with Crippen LogP contribution in [0.15, 0.2) is 11.3 Å². The molecular formula is C20H25ClFN9O3. The van der Waals surface area contributed by atoms with Crippen LogP contribution in [-0.4, -0.2) is 94.4 Å². The van der Waals surface area contributed by atoms with Gasteiger partial charge in [0.1, 0.15) is 17.9 Å². The number of fused-ring (bicyclic) bond motifs is 1. The molecule has 2 aliphatic heterocycles. The maximum atomic E-state index is 14.8. The number of carboxylic acid groups (broad SMARTS) is 1. The molecule has 2 aliphatic rings. The van der Waals surface area contributed by atoms with Crippen molar-refractivity contribution < 1.29 is 19.0 Å². The molecule has 2 aromatic heterocycles. The van der Waals surface area contributed by atoms with Gasteiger partial charge < -0.3 is 19.6 Å². The third kappa shape index (κ3) is 5.32. The second kappa shape index (κ2) is 10.9. The highest BCUT2D eigenvalue weighted by Crippen LogP contribution is 2.30. The first kappa shape index (κ1) is 24.0. The van der Waals surface area contributed by atoms with E-state index in [-0.39, 0.29) is 22.7 Å². The number of likely N-dealkylation sites (tertiary alicyclic amines) is 1. The number of azide groups is 1. The van der Waals surface area contributed by atoms with E-state index in [4.69, 9.17) is 21.9 Å². The van der Waals surface area contributed by atoms with Crippen LogP contribution >= 0.6 is 11.6 Å². The lowest BCUT2D eigenvalue weighted by molar-refractivity contribution is 0.142. The molecule has 0 radical (unpaired) electrons. The van der Waals surface area contributed by atoms with E-state index in [9.17, 15) is 14.3 Å². The van der Waals surface area contributed by atoms with Gasteiger partial charge in [-0.2, -0.15) is 9.97 Å². The monoisotopic (exact) mass is 493 g/mol. The standard InChI is InChI=1S/C20H25ClFN9O3/c21-17-15(22)16-14(11-24-17)18(30-7-9-31(10-8-30)20(32)33)27-19(26-16)34-12-13-3-1-5-29(13)6-2-4-25-28-23/h11,13H,1-10,12H2,(H,32,33)/t13-/m0/s1. The summed E-state index contributed by atoms with van der Waals surface area (Å²) in [6.45, 7) is 3.88. The van der Waals surface area contributed by atoms with Gasteiger partial charge in [0, 0.05) is 49.9 Å². The third-order valence-corrected chi connectivity index (χ3v) is 6.38. The number of pyridine rings is 1. The van der Waals surface area contributed by atoms with Gasteiger partial charge in [-0.05, 0) is 37.9 Å². The first-order chi connectivity index (χ1) is 16.5. The summed E-state index contributed by atoms with van der Waals surface area (Å²) >= 11 is 5.89. The molecule has 0 bridgehead atoms. The minimum Gasteiger partial charge on any atom is -0.465 e. The number of carbonyl (C=O) groups is 1. The Morgan fingerprint density at radius 3 is 2.85 bits per heavy atom. The normalized spacial score (nSPS) is 18.8. The van der Waals surface area contributed by atoms with E-state index in [1.807, 2.05) is 4.90 Å². The summed E-state index contributed by atoms with van der Waals surface area (Å²) in [6.07, 6.45) is 3.19. The third-order valence-electron chi connectivity index (χ3n) is 6.12. The van der Waals surface area contributed by atoms with Gasteiger partial charge in [-0.3, -0.25) is 4.90 Å². The Labute approximate surface area is 199 Å². The summed E-state index contributed by atoms with van der Waals surface area (Å²) < 4.78 is 20.7. The molecule has 2 saturated heterocycles. The molecule has 0 saturated carbocycles. The molecule has 182 valence electrons. The quantitative estimate of drug-likeness (QED) is 0.194. The fourth-order valence-corrected chi connectivity index (χ4v) is 4.49. The topological polar surface area (TPSA) is 144 Å². The predicted octanol–water partition coefficient (Wildman–Crippen LogP) is 3.16. The molecule has 0 unspecified atom stereocenters. The fraction of sp³-hybridized carbons (Fsp3) is 0.600. The first-order valence-corrected chi connectivity index (χ1v) is 11.5. The van der Waals surface area contributed by atoms with Crippen molar-refractivity contribution in [1.29, 1.82) is 0 Å². The van der Waals surface area contributed by atoms with E-state index in [1.165, 1.54) is 11.1 Å². The van der Waals surface area contributed by atoms with Crippen LogP contribution in [0, 0.1) is 5.82 Å². The van der Waals surface area contributed by atoms with E-state index < -0.39 is 11.9 Å². The summed E-state index contributed by atoms with van der Waals surface area (Å²) in [5.74, 6) is -0.317. The number of hydrogen-bond acceptors (Lipinski definition) is 8. The highest BCUT2D eigenvalue weighted by Gasteiger charge is 2.27. The van der Waals surface area contributed by atoms with Crippen LogP contribution in [-0.2, 0) is 0 Å². The predicted molar refractivity (Wildman–Crippen MR) is 123 cm³/mol. The van der Waals surface area contributed by atoms with Crippen LogP contribution in [0.2, 0.25) is 5.15 Å². The molecule has 0 spiro atoms. The lowest BCUT2D eigenvalue weighted by Crippen LogP contribution is -2.48. The molecule has 1 amide bonds. The van der Waals surface area contributed by atoms with E-state index in [0.717, 1.165) is 32.4 Å². The number of amides is 1. The molecule has 4 heterocycles. The van der Waals surface area contributed by atoms with Crippen molar-refractivity contribution in [2.45, 2.75) is 25.3 Å². The number of halogens is 2. The molecule has 0 aromatic carbocycles. The molecule has 0 aliphatic carbocycles. The maximum absolute atomic E-state index is 14.8. The lowest BCUT2D eigenvalue weighted by Gasteiger charge is -2.34. The van der Waals surface area contributed by atoms with Gasteiger partial charge in [-0.15, -0.1) is 0 Å². The number of rotatable bonds is 8. The van der Waals surface area contributed by atoms with Crippen molar-refractivity contribution in [3.63, 3.8) is 0 Å². The van der Waals surface area contributed by atoms with E-state index in [2.05, 4.69) is 29.9 Å². The molecule has 2 fully saturated rings. The largest absolute Gasteiger partial charge is 0.465 e. The number of piperazine rings is 1. The molecule has 2 aromatic rings. The fourth-order valence-electron chi connectivity index (χ4n) is 4.35. The number of hydrogen-bond donors (Lipinski definition) is 1. The minimum absolute atomic E-state index is 0.0123.